The number of nitrogens with zero attached hydrogens (tertiary/aromatic N) is 3. The fraction of sp³-hybridized carbons (Fsp3) is 0.250. The Morgan fingerprint density at radius 3 is 2.92 bits per heavy atom. The Balaban J connectivity index is 1.44. The Bertz CT molecular complexity index is 835. The van der Waals surface area contributed by atoms with Gasteiger partial charge in [0.15, 0.2) is 10.3 Å². The van der Waals surface area contributed by atoms with E-state index in [1.54, 1.807) is 29.1 Å². The number of amides is 1. The lowest BCUT2D eigenvalue weighted by Gasteiger charge is -2.06. The summed E-state index contributed by atoms with van der Waals surface area (Å²) in [7, 11) is 0. The average molecular weight is 357 g/mol. The van der Waals surface area contributed by atoms with Crippen LogP contribution in [0.25, 0.3) is 0 Å². The lowest BCUT2D eigenvalue weighted by atomic mass is 10.0. The number of aromatic nitrogens is 3. The van der Waals surface area contributed by atoms with Crippen molar-refractivity contribution in [3.8, 4) is 0 Å². The Hall–Kier alpha value is -2.32. The van der Waals surface area contributed by atoms with Gasteiger partial charge in [-0.05, 0) is 37.8 Å². The monoisotopic (exact) mass is 357 g/mol. The van der Waals surface area contributed by atoms with Crippen molar-refractivity contribution in [3.05, 3.63) is 46.2 Å². The second-order valence-electron chi connectivity index (χ2n) is 5.45. The molecular weight excluding hydrogens is 342 g/mol. The smallest absolute Gasteiger partial charge is 0.276 e. The van der Waals surface area contributed by atoms with Gasteiger partial charge in [-0.2, -0.15) is 0 Å². The molecule has 3 aromatic rings. The summed E-state index contributed by atoms with van der Waals surface area (Å²) in [4.78, 5) is 26.5. The van der Waals surface area contributed by atoms with Crippen molar-refractivity contribution in [3.63, 3.8) is 0 Å². The van der Waals surface area contributed by atoms with Gasteiger partial charge in [0.1, 0.15) is 5.69 Å². The van der Waals surface area contributed by atoms with Crippen molar-refractivity contribution in [2.45, 2.75) is 25.7 Å². The molecule has 0 radical (unpaired) electrons. The van der Waals surface area contributed by atoms with Crippen molar-refractivity contribution in [2.75, 3.05) is 10.6 Å². The van der Waals surface area contributed by atoms with Crippen molar-refractivity contribution in [2.24, 2.45) is 0 Å². The number of anilines is 3. The predicted molar refractivity (Wildman–Crippen MR) is 96.3 cm³/mol. The Morgan fingerprint density at radius 1 is 1.17 bits per heavy atom. The molecule has 0 unspecified atom stereocenters. The maximum Gasteiger partial charge on any atom is 0.276 e. The lowest BCUT2D eigenvalue weighted by Crippen LogP contribution is -2.12. The number of fused-ring (bicyclic) bond motifs is 1. The second-order valence-corrected chi connectivity index (χ2v) is 7.40. The van der Waals surface area contributed by atoms with E-state index in [4.69, 9.17) is 0 Å². The van der Waals surface area contributed by atoms with E-state index in [1.165, 1.54) is 29.1 Å². The highest BCUT2D eigenvalue weighted by atomic mass is 32.1. The molecule has 1 aliphatic carbocycles. The minimum absolute atomic E-state index is 0.225. The molecule has 2 N–H and O–H groups in total. The van der Waals surface area contributed by atoms with Gasteiger partial charge in [0.05, 0.1) is 17.6 Å². The fourth-order valence-corrected chi connectivity index (χ4v) is 4.32. The highest BCUT2D eigenvalue weighted by Crippen LogP contribution is 2.30. The first-order chi connectivity index (χ1) is 11.8. The summed E-state index contributed by atoms with van der Waals surface area (Å²) in [6.45, 7) is 0. The van der Waals surface area contributed by atoms with Crippen LogP contribution in [0.3, 0.4) is 0 Å². The second kappa shape index (κ2) is 6.66. The number of pyridine rings is 1. The SMILES string of the molecule is O=C(Nc1nc2c(s1)CCCC2)c1csc(Nc2cccnc2)n1. The van der Waals surface area contributed by atoms with Crippen LogP contribution in [-0.2, 0) is 12.8 Å². The van der Waals surface area contributed by atoms with Crippen LogP contribution in [0.1, 0.15) is 33.9 Å². The van der Waals surface area contributed by atoms with Crippen LogP contribution >= 0.6 is 22.7 Å². The molecule has 0 atom stereocenters. The Kier molecular flexibility index (Phi) is 4.22. The molecule has 1 amide bonds. The molecule has 24 heavy (non-hydrogen) atoms. The summed E-state index contributed by atoms with van der Waals surface area (Å²) in [5.41, 5.74) is 2.37. The van der Waals surface area contributed by atoms with Gasteiger partial charge in [-0.15, -0.1) is 22.7 Å². The van der Waals surface area contributed by atoms with E-state index in [0.29, 0.717) is 16.0 Å². The molecule has 122 valence electrons. The third-order valence-corrected chi connectivity index (χ3v) is 5.55. The van der Waals surface area contributed by atoms with Gasteiger partial charge in [0.25, 0.3) is 5.91 Å². The van der Waals surface area contributed by atoms with Gasteiger partial charge in [-0.1, -0.05) is 0 Å². The zero-order valence-corrected chi connectivity index (χ0v) is 14.4. The minimum Gasteiger partial charge on any atom is -0.330 e. The molecule has 8 heteroatoms. The van der Waals surface area contributed by atoms with E-state index in [-0.39, 0.29) is 5.91 Å². The van der Waals surface area contributed by atoms with Gasteiger partial charge in [-0.25, -0.2) is 9.97 Å². The average Bonchev–Trinajstić information content (AvgIpc) is 3.22. The van der Waals surface area contributed by atoms with Gasteiger partial charge in [0, 0.05) is 16.5 Å². The van der Waals surface area contributed by atoms with E-state index in [2.05, 4.69) is 25.6 Å². The van der Waals surface area contributed by atoms with Crippen molar-refractivity contribution < 1.29 is 4.79 Å². The van der Waals surface area contributed by atoms with Crippen LogP contribution < -0.4 is 10.6 Å². The van der Waals surface area contributed by atoms with E-state index in [1.807, 2.05) is 12.1 Å². The molecule has 0 spiro atoms. The molecule has 0 aliphatic heterocycles. The maximum atomic E-state index is 12.4. The van der Waals surface area contributed by atoms with Crippen LogP contribution in [0, 0.1) is 0 Å². The first-order valence-corrected chi connectivity index (χ1v) is 9.40. The van der Waals surface area contributed by atoms with Crippen molar-refractivity contribution in [1.82, 2.24) is 15.0 Å². The van der Waals surface area contributed by atoms with Crippen LogP contribution in [0.2, 0.25) is 0 Å². The molecular formula is C16H15N5OS2. The number of rotatable bonds is 4. The maximum absolute atomic E-state index is 12.4. The highest BCUT2D eigenvalue weighted by Gasteiger charge is 2.18. The van der Waals surface area contributed by atoms with Crippen LogP contribution in [-0.4, -0.2) is 20.9 Å². The Labute approximate surface area is 147 Å². The largest absolute Gasteiger partial charge is 0.330 e. The van der Waals surface area contributed by atoms with Gasteiger partial charge >= 0.3 is 0 Å². The number of carbonyl (C=O) groups excluding carboxylic acids is 1. The van der Waals surface area contributed by atoms with E-state index < -0.39 is 0 Å². The Morgan fingerprint density at radius 2 is 2.08 bits per heavy atom. The fourth-order valence-electron chi connectivity index (χ4n) is 2.56. The van der Waals surface area contributed by atoms with Gasteiger partial charge < -0.3 is 5.32 Å². The summed E-state index contributed by atoms with van der Waals surface area (Å²) in [5, 5.41) is 9.06. The first kappa shape index (κ1) is 15.2. The molecule has 0 bridgehead atoms. The number of thiazole rings is 2. The highest BCUT2D eigenvalue weighted by molar-refractivity contribution is 7.16. The molecule has 0 saturated heterocycles. The van der Waals surface area contributed by atoms with Crippen molar-refractivity contribution >= 4 is 44.5 Å². The summed E-state index contributed by atoms with van der Waals surface area (Å²) in [6, 6.07) is 3.74. The number of hydrogen-bond acceptors (Lipinski definition) is 7. The molecule has 0 aromatic carbocycles. The zero-order valence-electron chi connectivity index (χ0n) is 12.8. The van der Waals surface area contributed by atoms with Crippen LogP contribution in [0.5, 0.6) is 0 Å². The number of hydrogen-bond donors (Lipinski definition) is 2. The third-order valence-electron chi connectivity index (χ3n) is 3.72. The zero-order chi connectivity index (χ0) is 16.4. The van der Waals surface area contributed by atoms with E-state index >= 15 is 0 Å². The standard InChI is InChI=1S/C16H15N5OS2/c22-14(21-16-19-11-5-1-2-6-13(11)24-16)12-9-23-15(20-12)18-10-4-3-7-17-8-10/h3-4,7-9H,1-2,5-6H2,(H,18,20)(H,19,21,22). The summed E-state index contributed by atoms with van der Waals surface area (Å²) < 4.78 is 0. The first-order valence-electron chi connectivity index (χ1n) is 7.70. The number of aryl methyl sites for hydroxylation is 2. The summed E-state index contributed by atoms with van der Waals surface area (Å²) in [5.74, 6) is -0.225. The normalized spacial score (nSPS) is 13.3. The predicted octanol–water partition coefficient (Wildman–Crippen LogP) is 3.87. The molecule has 4 rings (SSSR count). The topological polar surface area (TPSA) is 79.8 Å². The van der Waals surface area contributed by atoms with Crippen molar-refractivity contribution in [1.29, 1.82) is 0 Å². The number of carbonyl (C=O) groups is 1. The molecule has 0 fully saturated rings. The quantitative estimate of drug-likeness (QED) is 0.741. The van der Waals surface area contributed by atoms with Crippen LogP contribution in [0.4, 0.5) is 16.0 Å². The minimum atomic E-state index is -0.225. The number of nitrogens with one attached hydrogen (secondary N) is 2. The molecule has 1 aliphatic rings. The summed E-state index contributed by atoms with van der Waals surface area (Å²) >= 11 is 2.96. The molecule has 3 aromatic heterocycles. The lowest BCUT2D eigenvalue weighted by molar-refractivity contribution is 0.102. The van der Waals surface area contributed by atoms with Gasteiger partial charge in [0.2, 0.25) is 0 Å². The molecule has 3 heterocycles. The van der Waals surface area contributed by atoms with Crippen LogP contribution in [0.15, 0.2) is 29.9 Å². The third kappa shape index (κ3) is 3.29. The molecule has 6 nitrogen and oxygen atoms in total. The van der Waals surface area contributed by atoms with Gasteiger partial charge in [-0.3, -0.25) is 15.1 Å². The molecule has 0 saturated carbocycles. The van der Waals surface area contributed by atoms with E-state index in [0.717, 1.165) is 24.2 Å². The van der Waals surface area contributed by atoms with E-state index in [9.17, 15) is 4.79 Å². The summed E-state index contributed by atoms with van der Waals surface area (Å²) in [6.07, 6.45) is 7.88.